The molecule has 0 radical (unpaired) electrons. The number of nitrogens with one attached hydrogen (secondary N) is 1. The van der Waals surface area contributed by atoms with Gasteiger partial charge in [0, 0.05) is 0 Å². The van der Waals surface area contributed by atoms with Crippen molar-refractivity contribution in [2.24, 2.45) is 5.10 Å². The standard InChI is InChI=1S/C24H21ClF2N2O3/c1-2-31-22-12-18(14-28-29-23(30)13-16-3-7-19(26)8-4-16)11-21(25)24(22)32-15-17-5-9-20(27)10-6-17/h3-12,14H,2,13,15H2,1H3,(H,29,30)/b28-14+. The maximum atomic E-state index is 13.1. The summed E-state index contributed by atoms with van der Waals surface area (Å²) in [5.74, 6) is -0.255. The van der Waals surface area contributed by atoms with Gasteiger partial charge in [-0.15, -0.1) is 0 Å². The van der Waals surface area contributed by atoms with Crippen LogP contribution in [0.4, 0.5) is 8.78 Å². The molecule has 3 aromatic carbocycles. The van der Waals surface area contributed by atoms with E-state index < -0.39 is 0 Å². The Kier molecular flexibility index (Phi) is 8.16. The Bertz CT molecular complexity index is 1090. The molecule has 1 N–H and O–H groups in total. The number of carbonyl (C=O) groups excluding carboxylic acids is 1. The van der Waals surface area contributed by atoms with Crippen molar-refractivity contribution in [2.75, 3.05) is 6.61 Å². The molecule has 0 saturated heterocycles. The fraction of sp³-hybridized carbons (Fsp3) is 0.167. The second-order valence-electron chi connectivity index (χ2n) is 6.77. The van der Waals surface area contributed by atoms with Crippen molar-refractivity contribution in [3.63, 3.8) is 0 Å². The van der Waals surface area contributed by atoms with Crippen molar-refractivity contribution >= 4 is 23.7 Å². The number of hydrazone groups is 1. The van der Waals surface area contributed by atoms with Gasteiger partial charge >= 0.3 is 0 Å². The number of hydrogen-bond acceptors (Lipinski definition) is 4. The molecule has 0 bridgehead atoms. The van der Waals surface area contributed by atoms with Crippen molar-refractivity contribution in [1.82, 2.24) is 5.43 Å². The van der Waals surface area contributed by atoms with Gasteiger partial charge in [-0.25, -0.2) is 14.2 Å². The lowest BCUT2D eigenvalue weighted by Crippen LogP contribution is -2.19. The molecule has 32 heavy (non-hydrogen) atoms. The second kappa shape index (κ2) is 11.2. The number of nitrogens with zero attached hydrogens (tertiary/aromatic N) is 1. The van der Waals surface area contributed by atoms with Gasteiger partial charge in [0.05, 0.1) is 24.3 Å². The molecular formula is C24H21ClF2N2O3. The Hall–Kier alpha value is -3.45. The van der Waals surface area contributed by atoms with E-state index in [-0.39, 0.29) is 30.6 Å². The molecule has 0 atom stereocenters. The van der Waals surface area contributed by atoms with E-state index in [1.54, 1.807) is 24.3 Å². The average molecular weight is 459 g/mol. The van der Waals surface area contributed by atoms with E-state index in [1.807, 2.05) is 6.92 Å². The first-order valence-corrected chi connectivity index (χ1v) is 10.2. The van der Waals surface area contributed by atoms with E-state index >= 15 is 0 Å². The topological polar surface area (TPSA) is 59.9 Å². The third kappa shape index (κ3) is 6.78. The van der Waals surface area contributed by atoms with E-state index in [1.165, 1.54) is 42.6 Å². The molecule has 0 aliphatic carbocycles. The van der Waals surface area contributed by atoms with Crippen LogP contribution in [0.25, 0.3) is 0 Å². The summed E-state index contributed by atoms with van der Waals surface area (Å²) < 4.78 is 37.4. The van der Waals surface area contributed by atoms with Gasteiger partial charge in [0.2, 0.25) is 5.91 Å². The van der Waals surface area contributed by atoms with Crippen LogP contribution in [0.1, 0.15) is 23.6 Å². The summed E-state index contributed by atoms with van der Waals surface area (Å²) in [5.41, 5.74) is 4.46. The van der Waals surface area contributed by atoms with Crippen LogP contribution in [-0.4, -0.2) is 18.7 Å². The van der Waals surface area contributed by atoms with Crippen LogP contribution in [0.15, 0.2) is 65.8 Å². The number of rotatable bonds is 9. The Morgan fingerprint density at radius 2 is 1.62 bits per heavy atom. The van der Waals surface area contributed by atoms with Gasteiger partial charge in [-0.2, -0.15) is 5.10 Å². The molecule has 166 valence electrons. The van der Waals surface area contributed by atoms with Gasteiger partial charge in [-0.1, -0.05) is 35.9 Å². The lowest BCUT2D eigenvalue weighted by molar-refractivity contribution is -0.120. The van der Waals surface area contributed by atoms with Gasteiger partial charge in [0.25, 0.3) is 0 Å². The van der Waals surface area contributed by atoms with Crippen molar-refractivity contribution in [3.8, 4) is 11.5 Å². The summed E-state index contributed by atoms with van der Waals surface area (Å²) in [6.07, 6.45) is 1.50. The molecule has 0 aliphatic rings. The highest BCUT2D eigenvalue weighted by molar-refractivity contribution is 6.32. The molecule has 0 aromatic heterocycles. The van der Waals surface area contributed by atoms with Gasteiger partial charge in [0.1, 0.15) is 18.2 Å². The lowest BCUT2D eigenvalue weighted by atomic mass is 10.1. The summed E-state index contributed by atoms with van der Waals surface area (Å²) in [6, 6.07) is 14.9. The number of halogens is 3. The van der Waals surface area contributed by atoms with E-state index in [9.17, 15) is 13.6 Å². The highest BCUT2D eigenvalue weighted by Crippen LogP contribution is 2.37. The van der Waals surface area contributed by atoms with Gasteiger partial charge in [-0.05, 0) is 60.0 Å². The van der Waals surface area contributed by atoms with E-state index in [0.717, 1.165) is 5.56 Å². The van der Waals surface area contributed by atoms with E-state index in [2.05, 4.69) is 10.5 Å². The van der Waals surface area contributed by atoms with Crippen LogP contribution in [0, 0.1) is 11.6 Å². The molecule has 1 amide bonds. The zero-order chi connectivity index (χ0) is 22.9. The Morgan fingerprint density at radius 1 is 1.00 bits per heavy atom. The van der Waals surface area contributed by atoms with Crippen LogP contribution in [0.3, 0.4) is 0 Å². The summed E-state index contributed by atoms with van der Waals surface area (Å²) in [5, 5.41) is 4.24. The number of ether oxygens (including phenoxy) is 2. The molecule has 0 spiro atoms. The molecular weight excluding hydrogens is 438 g/mol. The quantitative estimate of drug-likeness (QED) is 0.350. The van der Waals surface area contributed by atoms with Gasteiger partial charge in [-0.3, -0.25) is 4.79 Å². The van der Waals surface area contributed by atoms with Crippen LogP contribution < -0.4 is 14.9 Å². The first-order chi connectivity index (χ1) is 15.4. The zero-order valence-corrected chi connectivity index (χ0v) is 18.0. The third-order valence-electron chi connectivity index (χ3n) is 4.31. The summed E-state index contributed by atoms with van der Waals surface area (Å²) in [6.45, 7) is 2.40. The minimum Gasteiger partial charge on any atom is -0.490 e. The molecule has 0 aliphatic heterocycles. The van der Waals surface area contributed by atoms with Crippen LogP contribution in [-0.2, 0) is 17.8 Å². The van der Waals surface area contributed by atoms with Gasteiger partial charge < -0.3 is 9.47 Å². The molecule has 5 nitrogen and oxygen atoms in total. The monoisotopic (exact) mass is 458 g/mol. The summed E-state index contributed by atoms with van der Waals surface area (Å²) in [7, 11) is 0. The predicted octanol–water partition coefficient (Wildman–Crippen LogP) is 5.29. The fourth-order valence-corrected chi connectivity index (χ4v) is 3.08. The Labute approximate surface area is 189 Å². The van der Waals surface area contributed by atoms with Gasteiger partial charge in [0.15, 0.2) is 11.5 Å². The second-order valence-corrected chi connectivity index (χ2v) is 7.18. The SMILES string of the molecule is CCOc1cc(/C=N/NC(=O)Cc2ccc(F)cc2)cc(Cl)c1OCc1ccc(F)cc1. The molecule has 0 heterocycles. The normalized spacial score (nSPS) is 10.9. The molecule has 3 rings (SSSR count). The highest BCUT2D eigenvalue weighted by Gasteiger charge is 2.13. The predicted molar refractivity (Wildman–Crippen MR) is 119 cm³/mol. The van der Waals surface area contributed by atoms with E-state index in [4.69, 9.17) is 21.1 Å². The number of hydrogen-bond donors (Lipinski definition) is 1. The zero-order valence-electron chi connectivity index (χ0n) is 17.3. The van der Waals surface area contributed by atoms with Crippen molar-refractivity contribution < 1.29 is 23.0 Å². The first-order valence-electron chi connectivity index (χ1n) is 9.84. The van der Waals surface area contributed by atoms with Crippen molar-refractivity contribution in [3.05, 3.63) is 94.0 Å². The Morgan fingerprint density at radius 3 is 2.25 bits per heavy atom. The average Bonchev–Trinajstić information content (AvgIpc) is 2.76. The number of carbonyl (C=O) groups is 1. The smallest absolute Gasteiger partial charge is 0.244 e. The molecule has 0 saturated carbocycles. The molecule has 0 fully saturated rings. The first kappa shape index (κ1) is 23.2. The largest absolute Gasteiger partial charge is 0.490 e. The minimum atomic E-state index is -0.362. The van der Waals surface area contributed by atoms with Crippen molar-refractivity contribution in [2.45, 2.75) is 20.0 Å². The fourth-order valence-electron chi connectivity index (χ4n) is 2.81. The van der Waals surface area contributed by atoms with E-state index in [0.29, 0.717) is 34.3 Å². The lowest BCUT2D eigenvalue weighted by Gasteiger charge is -2.14. The molecule has 8 heteroatoms. The van der Waals surface area contributed by atoms with Crippen LogP contribution >= 0.6 is 11.6 Å². The highest BCUT2D eigenvalue weighted by atomic mass is 35.5. The molecule has 3 aromatic rings. The minimum absolute atomic E-state index is 0.0682. The molecule has 0 unspecified atom stereocenters. The number of benzene rings is 3. The van der Waals surface area contributed by atoms with Crippen LogP contribution in [0.2, 0.25) is 5.02 Å². The van der Waals surface area contributed by atoms with Crippen LogP contribution in [0.5, 0.6) is 11.5 Å². The maximum absolute atomic E-state index is 13.1. The number of amides is 1. The summed E-state index contributed by atoms with van der Waals surface area (Å²) in [4.78, 5) is 12.0. The van der Waals surface area contributed by atoms with Crippen molar-refractivity contribution in [1.29, 1.82) is 0 Å². The maximum Gasteiger partial charge on any atom is 0.244 e. The third-order valence-corrected chi connectivity index (χ3v) is 4.59. The Balaban J connectivity index is 1.65. The summed E-state index contributed by atoms with van der Waals surface area (Å²) >= 11 is 6.38.